The second-order valence-electron chi connectivity index (χ2n) is 11.7. The van der Waals surface area contributed by atoms with Crippen molar-refractivity contribution in [2.75, 3.05) is 4.90 Å². The van der Waals surface area contributed by atoms with E-state index in [1.54, 1.807) is 9.47 Å². The zero-order valence-electron chi connectivity index (χ0n) is 24.4. The molecular weight excluding hydrogens is 538 g/mol. The zero-order valence-corrected chi connectivity index (χ0v) is 25.2. The number of carbonyl (C=O) groups excluding carboxylic acids is 1. The van der Waals surface area contributed by atoms with Gasteiger partial charge in [-0.2, -0.15) is 0 Å². The maximum atomic E-state index is 14.6. The fourth-order valence-corrected chi connectivity index (χ4v) is 7.61. The SMILES string of the molecule is C=C(C)Cn1c(S[C@H](C)C(=O)N(c2ccccc2)c2ccccc2)nc2c(c1=O)C1(CCCCC1)Cc1ccccc1-2. The number of hydrogen-bond donors (Lipinski definition) is 0. The third-order valence-electron chi connectivity index (χ3n) is 8.58. The van der Waals surface area contributed by atoms with E-state index in [4.69, 9.17) is 4.98 Å². The van der Waals surface area contributed by atoms with Gasteiger partial charge in [0.15, 0.2) is 5.16 Å². The Balaban J connectivity index is 1.46. The van der Waals surface area contributed by atoms with Crippen LogP contribution in [0.4, 0.5) is 11.4 Å². The molecule has 214 valence electrons. The Morgan fingerprint density at radius 1 is 0.952 bits per heavy atom. The number of amides is 1. The Morgan fingerprint density at radius 3 is 2.17 bits per heavy atom. The van der Waals surface area contributed by atoms with Crippen LogP contribution < -0.4 is 10.5 Å². The number of hydrogen-bond acceptors (Lipinski definition) is 4. The second-order valence-corrected chi connectivity index (χ2v) is 13.1. The topological polar surface area (TPSA) is 55.2 Å². The molecule has 1 heterocycles. The molecule has 1 atom stereocenters. The van der Waals surface area contributed by atoms with Crippen molar-refractivity contribution in [3.05, 3.63) is 119 Å². The molecule has 6 heteroatoms. The van der Waals surface area contributed by atoms with Gasteiger partial charge < -0.3 is 0 Å². The molecule has 0 N–H and O–H groups in total. The van der Waals surface area contributed by atoms with Crippen molar-refractivity contribution in [3.63, 3.8) is 0 Å². The quantitative estimate of drug-likeness (QED) is 0.127. The maximum Gasteiger partial charge on any atom is 0.258 e. The predicted octanol–water partition coefficient (Wildman–Crippen LogP) is 8.09. The number of fused-ring (bicyclic) bond motifs is 4. The van der Waals surface area contributed by atoms with Crippen LogP contribution in [0, 0.1) is 0 Å². The number of nitrogens with zero attached hydrogens (tertiary/aromatic N) is 3. The highest BCUT2D eigenvalue weighted by atomic mass is 32.2. The van der Waals surface area contributed by atoms with Gasteiger partial charge in [0.1, 0.15) is 0 Å². The van der Waals surface area contributed by atoms with Crippen LogP contribution in [0.1, 0.15) is 57.1 Å². The minimum atomic E-state index is -0.505. The number of benzene rings is 3. The van der Waals surface area contributed by atoms with E-state index in [0.29, 0.717) is 11.7 Å². The Kier molecular flexibility index (Phi) is 7.91. The number of rotatable bonds is 7. The summed E-state index contributed by atoms with van der Waals surface area (Å²) in [6, 6.07) is 27.8. The normalized spacial score (nSPS) is 15.9. The minimum absolute atomic E-state index is 0.0181. The standard InChI is InChI=1S/C36H37N3O2S/c1-25(2)24-38-34(41)31-32(30-20-12-11-15-27(30)23-36(31)21-13-6-14-22-36)37-35(38)42-26(3)33(40)39(28-16-7-4-8-17-28)29-18-9-5-10-19-29/h4-5,7-12,15-20,26H,1,6,13-14,21-24H2,2-3H3/t26-/m1/s1. The van der Waals surface area contributed by atoms with E-state index in [1.807, 2.05) is 80.6 Å². The van der Waals surface area contributed by atoms with Crippen molar-refractivity contribution < 1.29 is 4.79 Å². The Bertz CT molecular complexity index is 1630. The summed E-state index contributed by atoms with van der Waals surface area (Å²) < 4.78 is 1.77. The summed E-state index contributed by atoms with van der Waals surface area (Å²) in [5.74, 6) is -0.0737. The predicted molar refractivity (Wildman–Crippen MR) is 173 cm³/mol. The Hall–Kier alpha value is -3.90. The number of para-hydroxylation sites is 2. The molecule has 0 aliphatic heterocycles. The van der Waals surface area contributed by atoms with Crippen LogP contribution in [-0.2, 0) is 23.2 Å². The molecule has 4 aromatic rings. The van der Waals surface area contributed by atoms with Gasteiger partial charge in [-0.3, -0.25) is 19.1 Å². The number of anilines is 2. The van der Waals surface area contributed by atoms with E-state index in [2.05, 4.69) is 24.8 Å². The van der Waals surface area contributed by atoms with Gasteiger partial charge in [0.2, 0.25) is 5.91 Å². The van der Waals surface area contributed by atoms with Gasteiger partial charge >= 0.3 is 0 Å². The highest BCUT2D eigenvalue weighted by Crippen LogP contribution is 2.49. The van der Waals surface area contributed by atoms with E-state index in [9.17, 15) is 9.59 Å². The fourth-order valence-electron chi connectivity index (χ4n) is 6.67. The lowest BCUT2D eigenvalue weighted by Crippen LogP contribution is -2.43. The van der Waals surface area contributed by atoms with Gasteiger partial charge in [0, 0.05) is 28.9 Å². The van der Waals surface area contributed by atoms with Crippen molar-refractivity contribution in [2.45, 2.75) is 74.7 Å². The summed E-state index contributed by atoms with van der Waals surface area (Å²) in [5, 5.41) is 0.0561. The first kappa shape index (κ1) is 28.2. The number of carbonyl (C=O) groups is 1. The summed E-state index contributed by atoms with van der Waals surface area (Å²) in [4.78, 5) is 35.7. The Labute approximate surface area is 252 Å². The van der Waals surface area contributed by atoms with Crippen molar-refractivity contribution in [2.24, 2.45) is 0 Å². The molecule has 6 rings (SSSR count). The van der Waals surface area contributed by atoms with Crippen molar-refractivity contribution in [1.82, 2.24) is 9.55 Å². The Morgan fingerprint density at radius 2 is 1.55 bits per heavy atom. The highest BCUT2D eigenvalue weighted by molar-refractivity contribution is 8.00. The fraction of sp³-hybridized carbons (Fsp3) is 0.306. The van der Waals surface area contributed by atoms with Gasteiger partial charge in [-0.05, 0) is 62.9 Å². The maximum absolute atomic E-state index is 14.6. The van der Waals surface area contributed by atoms with Gasteiger partial charge in [-0.1, -0.05) is 104 Å². The molecule has 1 amide bonds. The molecule has 0 bridgehead atoms. The van der Waals surface area contributed by atoms with Crippen LogP contribution in [0.5, 0.6) is 0 Å². The van der Waals surface area contributed by atoms with E-state index < -0.39 is 5.25 Å². The average Bonchev–Trinajstić information content (AvgIpc) is 3.00. The number of allylic oxidation sites excluding steroid dienone is 1. The van der Waals surface area contributed by atoms with Crippen molar-refractivity contribution in [3.8, 4) is 11.3 Å². The summed E-state index contributed by atoms with van der Waals surface area (Å²) in [5.41, 5.74) is 6.26. The van der Waals surface area contributed by atoms with Crippen LogP contribution in [0.15, 0.2) is 107 Å². The van der Waals surface area contributed by atoms with E-state index >= 15 is 0 Å². The highest BCUT2D eigenvalue weighted by Gasteiger charge is 2.43. The van der Waals surface area contributed by atoms with E-state index in [-0.39, 0.29) is 16.9 Å². The van der Waals surface area contributed by atoms with Crippen molar-refractivity contribution >= 4 is 29.0 Å². The monoisotopic (exact) mass is 575 g/mol. The minimum Gasteiger partial charge on any atom is -0.283 e. The van der Waals surface area contributed by atoms with Crippen LogP contribution in [-0.4, -0.2) is 20.7 Å². The molecule has 0 radical (unpaired) electrons. The van der Waals surface area contributed by atoms with Crippen LogP contribution in [0.2, 0.25) is 0 Å². The summed E-state index contributed by atoms with van der Waals surface area (Å²) in [6.45, 7) is 8.35. The third kappa shape index (κ3) is 5.24. The molecule has 1 saturated carbocycles. The van der Waals surface area contributed by atoms with Gasteiger partial charge in [0.05, 0.1) is 16.5 Å². The van der Waals surface area contributed by atoms with Gasteiger partial charge in [-0.15, -0.1) is 0 Å². The van der Waals surface area contributed by atoms with Crippen LogP contribution in [0.25, 0.3) is 11.3 Å². The largest absolute Gasteiger partial charge is 0.283 e. The molecule has 1 fully saturated rings. The number of thioether (sulfide) groups is 1. The molecule has 42 heavy (non-hydrogen) atoms. The van der Waals surface area contributed by atoms with Crippen molar-refractivity contribution in [1.29, 1.82) is 0 Å². The average molecular weight is 576 g/mol. The summed E-state index contributed by atoms with van der Waals surface area (Å²) in [7, 11) is 0. The molecule has 2 aliphatic carbocycles. The smallest absolute Gasteiger partial charge is 0.258 e. The van der Waals surface area contributed by atoms with E-state index in [1.165, 1.54) is 23.7 Å². The van der Waals surface area contributed by atoms with Crippen LogP contribution >= 0.6 is 11.8 Å². The second kappa shape index (κ2) is 11.8. The first-order valence-electron chi connectivity index (χ1n) is 14.9. The van der Waals surface area contributed by atoms with Gasteiger partial charge in [0.25, 0.3) is 5.56 Å². The lowest BCUT2D eigenvalue weighted by Gasteiger charge is -2.42. The zero-order chi connectivity index (χ0) is 29.3. The van der Waals surface area contributed by atoms with E-state index in [0.717, 1.165) is 65.9 Å². The lowest BCUT2D eigenvalue weighted by molar-refractivity contribution is -0.117. The number of aromatic nitrogens is 2. The summed E-state index contributed by atoms with van der Waals surface area (Å²) >= 11 is 1.35. The summed E-state index contributed by atoms with van der Waals surface area (Å²) in [6.07, 6.45) is 6.34. The first-order valence-corrected chi connectivity index (χ1v) is 15.7. The van der Waals surface area contributed by atoms with Gasteiger partial charge in [-0.25, -0.2) is 4.98 Å². The molecule has 3 aromatic carbocycles. The lowest BCUT2D eigenvalue weighted by atomic mass is 9.62. The molecule has 1 spiro atoms. The first-order chi connectivity index (χ1) is 20.4. The molecule has 5 nitrogen and oxygen atoms in total. The molecule has 0 unspecified atom stereocenters. The third-order valence-corrected chi connectivity index (χ3v) is 9.66. The molecule has 1 aromatic heterocycles. The molecule has 2 aliphatic rings. The van der Waals surface area contributed by atoms with Crippen LogP contribution in [0.3, 0.4) is 0 Å². The molecular formula is C36H37N3O2S. The molecule has 0 saturated heterocycles.